The first-order valence-electron chi connectivity index (χ1n) is 0. The molecule has 0 saturated heterocycles. The molecule has 0 aliphatic heterocycles. The Bertz CT molecular complexity index is 13.0. The standard InChI is InChI=1S/Al.6FH.K.H3N.4H/h;6*1H;;1H3;;;;. The quantitative estimate of drug-likeness (QED) is 0.411. The van der Waals surface area contributed by atoms with Crippen LogP contribution < -0.4 is 6.15 Å². The normalized spacial score (nSPS) is 0. The van der Waals surface area contributed by atoms with Gasteiger partial charge in [0.25, 0.3) is 0 Å². The maximum atomic E-state index is 0. The molecule has 0 aromatic carbocycles. The topological polar surface area (TPSA) is 35.0 Å². The summed E-state index contributed by atoms with van der Waals surface area (Å²) >= 11 is 0. The van der Waals surface area contributed by atoms with E-state index in [0.29, 0.717) is 0 Å². The van der Waals surface area contributed by atoms with Crippen LogP contribution in [0.15, 0.2) is 0 Å². The summed E-state index contributed by atoms with van der Waals surface area (Å²) in [4.78, 5) is 0. The Hall–Kier alpha value is 1.71. The van der Waals surface area contributed by atoms with Gasteiger partial charge in [-0.25, -0.2) is 0 Å². The van der Waals surface area contributed by atoms with E-state index >= 15 is 0 Å². The molecule has 1 nitrogen and oxygen atoms in total. The Morgan fingerprint density at radius 3 is 0.444 bits per heavy atom. The molecule has 0 aromatic rings. The average Bonchev–Trinajstić information content (AvgIpc) is 0. The van der Waals surface area contributed by atoms with E-state index in [4.69, 9.17) is 0 Å². The van der Waals surface area contributed by atoms with Crippen molar-refractivity contribution in [3.05, 3.63) is 0 Å². The van der Waals surface area contributed by atoms with Gasteiger partial charge in [0.2, 0.25) is 0 Å². The minimum absolute atomic E-state index is 0. The van der Waals surface area contributed by atoms with E-state index in [1.54, 1.807) is 0 Å². The van der Waals surface area contributed by atoms with Crippen LogP contribution in [0.5, 0.6) is 0 Å². The third-order valence-corrected chi connectivity index (χ3v) is 0. The first-order chi connectivity index (χ1) is 0. The van der Waals surface area contributed by atoms with Crippen LogP contribution in [0.3, 0.4) is 0 Å². The zero-order valence-electron chi connectivity index (χ0n) is 3.16. The van der Waals surface area contributed by atoms with Gasteiger partial charge < -0.3 is 6.15 Å². The predicted octanol–water partition coefficient (Wildman–Crippen LogP) is -0.755. The fourth-order valence-electron chi connectivity index (χ4n) is 0. The first kappa shape index (κ1) is 346. The Morgan fingerprint density at radius 1 is 0.444 bits per heavy atom. The third-order valence-electron chi connectivity index (χ3n) is 0. The van der Waals surface area contributed by atoms with E-state index in [2.05, 4.69) is 0 Å². The molecule has 0 radical (unpaired) electrons. The van der Waals surface area contributed by atoms with E-state index in [1.807, 2.05) is 0 Å². The average molecular weight is 207 g/mol. The van der Waals surface area contributed by atoms with Gasteiger partial charge in [-0.3, -0.25) is 28.2 Å². The van der Waals surface area contributed by atoms with Gasteiger partial charge >= 0.3 is 51.4 Å². The van der Waals surface area contributed by atoms with Gasteiger partial charge in [-0.1, -0.05) is 0 Å². The van der Waals surface area contributed by atoms with Crippen molar-refractivity contribution in [2.24, 2.45) is 0 Å². The monoisotopic (exact) mass is 207 g/mol. The Kier molecular flexibility index (Phi) is 9690. The summed E-state index contributed by atoms with van der Waals surface area (Å²) in [6.07, 6.45) is 0. The van der Waals surface area contributed by atoms with Gasteiger partial charge in [-0.15, -0.1) is 0 Å². The second kappa shape index (κ2) is 252. The van der Waals surface area contributed by atoms with Crippen molar-refractivity contribution in [1.29, 1.82) is 0 Å². The molecular weight excluding hydrogens is 194 g/mol. The summed E-state index contributed by atoms with van der Waals surface area (Å²) < 4.78 is 0. The summed E-state index contributed by atoms with van der Waals surface area (Å²) in [6.45, 7) is 0. The third kappa shape index (κ3) is 198. The van der Waals surface area contributed by atoms with Crippen LogP contribution in [-0.2, 0) is 0 Å². The summed E-state index contributed by atoms with van der Waals surface area (Å²) in [7, 11) is 0. The SMILES string of the molecule is F.F.F.F.F.F.N.[AlH3].[KH]. The molecule has 0 fully saturated rings. The predicted molar refractivity (Wildman–Crippen MR) is 37.1 cm³/mol. The van der Waals surface area contributed by atoms with Crippen LogP contribution in [0.1, 0.15) is 0 Å². The molecule has 64 valence electrons. The van der Waals surface area contributed by atoms with E-state index in [1.165, 1.54) is 0 Å². The van der Waals surface area contributed by atoms with Gasteiger partial charge in [0.15, 0.2) is 17.4 Å². The molecule has 0 aromatic heterocycles. The molecule has 0 aliphatic rings. The molecule has 0 rings (SSSR count). The molecule has 3 N–H and O–H groups in total. The van der Waals surface area contributed by atoms with Crippen molar-refractivity contribution in [3.8, 4) is 0 Å². The van der Waals surface area contributed by atoms with E-state index < -0.39 is 0 Å². The van der Waals surface area contributed by atoms with Crippen molar-refractivity contribution in [1.82, 2.24) is 6.15 Å². The van der Waals surface area contributed by atoms with Crippen molar-refractivity contribution in [2.75, 3.05) is 0 Å². The fraction of sp³-hybridized carbons (Fsp3) is 0. The Labute approximate surface area is 102 Å². The molecule has 0 aliphatic carbocycles. The Balaban J connectivity index is 0. The molecular formula is H13AlF6KN. The van der Waals surface area contributed by atoms with Crippen molar-refractivity contribution < 1.29 is 28.2 Å². The molecule has 9 heavy (non-hydrogen) atoms. The molecule has 0 heterocycles. The number of rotatable bonds is 0. The first-order valence-corrected chi connectivity index (χ1v) is 0. The van der Waals surface area contributed by atoms with Crippen LogP contribution >= 0.6 is 0 Å². The number of hydrogen-bond donors (Lipinski definition) is 1. The van der Waals surface area contributed by atoms with Crippen LogP contribution in [-0.4, -0.2) is 68.7 Å². The molecule has 0 saturated carbocycles. The number of hydrogen-bond acceptors (Lipinski definition) is 1. The zero-order chi connectivity index (χ0) is 0. The summed E-state index contributed by atoms with van der Waals surface area (Å²) in [6, 6.07) is 0. The molecule has 0 spiro atoms. The fourth-order valence-corrected chi connectivity index (χ4v) is 0. The summed E-state index contributed by atoms with van der Waals surface area (Å²) in [5.41, 5.74) is 0. The van der Waals surface area contributed by atoms with Gasteiger partial charge in [0.1, 0.15) is 0 Å². The van der Waals surface area contributed by atoms with Crippen molar-refractivity contribution in [3.63, 3.8) is 0 Å². The van der Waals surface area contributed by atoms with E-state index in [-0.39, 0.29) is 103 Å². The second-order valence-corrected chi connectivity index (χ2v) is 0. The maximum absolute atomic E-state index is 0. The molecule has 0 amide bonds. The van der Waals surface area contributed by atoms with E-state index in [9.17, 15) is 0 Å². The van der Waals surface area contributed by atoms with Gasteiger partial charge in [0, 0.05) is 0 Å². The van der Waals surface area contributed by atoms with Gasteiger partial charge in [-0.05, 0) is 0 Å². The van der Waals surface area contributed by atoms with E-state index in [0.717, 1.165) is 0 Å². The molecule has 0 bridgehead atoms. The van der Waals surface area contributed by atoms with Crippen molar-refractivity contribution in [2.45, 2.75) is 0 Å². The van der Waals surface area contributed by atoms with Crippen LogP contribution in [0.4, 0.5) is 28.2 Å². The van der Waals surface area contributed by atoms with Crippen LogP contribution in [0, 0.1) is 0 Å². The number of halogens is 6. The summed E-state index contributed by atoms with van der Waals surface area (Å²) in [5.74, 6) is 0. The second-order valence-electron chi connectivity index (χ2n) is 0. The molecule has 9 heteroatoms. The Morgan fingerprint density at radius 2 is 0.444 bits per heavy atom. The minimum atomic E-state index is 0. The molecule has 0 atom stereocenters. The van der Waals surface area contributed by atoms with Gasteiger partial charge in [0.05, 0.1) is 0 Å². The van der Waals surface area contributed by atoms with Crippen LogP contribution in [0.25, 0.3) is 0 Å². The summed E-state index contributed by atoms with van der Waals surface area (Å²) in [5, 5.41) is 0. The zero-order valence-corrected chi connectivity index (χ0v) is 3.16. The van der Waals surface area contributed by atoms with Gasteiger partial charge in [-0.2, -0.15) is 0 Å². The molecule has 0 unspecified atom stereocenters. The van der Waals surface area contributed by atoms with Crippen LogP contribution in [0.2, 0.25) is 0 Å². The van der Waals surface area contributed by atoms with Crippen molar-refractivity contribution >= 4 is 68.7 Å².